The largest absolute Gasteiger partial charge is 0.278 e. The van der Waals surface area contributed by atoms with Crippen LogP contribution in [0, 0.1) is 0 Å². The van der Waals surface area contributed by atoms with Crippen LogP contribution < -0.4 is 0 Å². The Hall–Kier alpha value is -1.97. The van der Waals surface area contributed by atoms with Crippen LogP contribution in [0.1, 0.15) is 34.5 Å². The predicted octanol–water partition coefficient (Wildman–Crippen LogP) is 1.85. The Kier molecular flexibility index (Phi) is 2.48. The van der Waals surface area contributed by atoms with Gasteiger partial charge in [0.25, 0.3) is 5.91 Å². The summed E-state index contributed by atoms with van der Waals surface area (Å²) < 4.78 is 1.46. The second-order valence-electron chi connectivity index (χ2n) is 4.29. The lowest BCUT2D eigenvalue weighted by Gasteiger charge is -2.06. The Morgan fingerprint density at radius 2 is 1.94 bits per heavy atom. The molecule has 4 nitrogen and oxygen atoms in total. The smallest absolute Gasteiger partial charge is 0.267 e. The van der Waals surface area contributed by atoms with E-state index in [-0.39, 0.29) is 5.91 Å². The van der Waals surface area contributed by atoms with Crippen molar-refractivity contribution in [1.29, 1.82) is 0 Å². The molecule has 0 unspecified atom stereocenters. The highest BCUT2D eigenvalue weighted by molar-refractivity contribution is 5.95. The number of nitrogens with zero attached hydrogens (tertiary/aromatic N) is 3. The highest BCUT2D eigenvalue weighted by Crippen LogP contribution is 2.19. The van der Waals surface area contributed by atoms with Gasteiger partial charge in [-0.2, -0.15) is 5.10 Å². The first kappa shape index (κ1) is 10.2. The van der Waals surface area contributed by atoms with Crippen molar-refractivity contribution in [3.63, 3.8) is 0 Å². The molecule has 0 atom stereocenters. The minimum absolute atomic E-state index is 0.0817. The second-order valence-corrected chi connectivity index (χ2v) is 4.29. The molecule has 0 radical (unpaired) electrons. The minimum atomic E-state index is -0.0817. The van der Waals surface area contributed by atoms with Crippen molar-refractivity contribution in [3.05, 3.63) is 47.5 Å². The molecule has 86 valence electrons. The Balaban J connectivity index is 1.94. The third-order valence-electron chi connectivity index (χ3n) is 3.12. The van der Waals surface area contributed by atoms with Crippen molar-refractivity contribution >= 4 is 5.91 Å². The fraction of sp³-hybridized carbons (Fsp3) is 0.308. The van der Waals surface area contributed by atoms with Gasteiger partial charge in [0.05, 0.1) is 5.69 Å². The van der Waals surface area contributed by atoms with Crippen LogP contribution in [0.4, 0.5) is 0 Å². The molecule has 17 heavy (non-hydrogen) atoms. The van der Waals surface area contributed by atoms with E-state index in [1.54, 1.807) is 24.5 Å². The van der Waals surface area contributed by atoms with Gasteiger partial charge in [0.15, 0.2) is 0 Å². The lowest BCUT2D eigenvalue weighted by molar-refractivity contribution is 0.0944. The Morgan fingerprint density at radius 3 is 2.71 bits per heavy atom. The molecule has 1 aliphatic carbocycles. The second kappa shape index (κ2) is 4.13. The number of aromatic nitrogens is 3. The third-order valence-corrected chi connectivity index (χ3v) is 3.12. The van der Waals surface area contributed by atoms with Gasteiger partial charge in [-0.25, -0.2) is 4.68 Å². The average molecular weight is 227 g/mol. The molecule has 2 aromatic heterocycles. The van der Waals surface area contributed by atoms with Gasteiger partial charge in [0, 0.05) is 24.2 Å². The summed E-state index contributed by atoms with van der Waals surface area (Å²) in [5.41, 5.74) is 2.93. The summed E-state index contributed by atoms with van der Waals surface area (Å²) in [4.78, 5) is 16.0. The zero-order chi connectivity index (χ0) is 11.7. The Morgan fingerprint density at radius 1 is 1.18 bits per heavy atom. The van der Waals surface area contributed by atoms with E-state index >= 15 is 0 Å². The first-order valence-electron chi connectivity index (χ1n) is 5.87. The summed E-state index contributed by atoms with van der Waals surface area (Å²) in [6, 6.07) is 3.42. The van der Waals surface area contributed by atoms with Crippen molar-refractivity contribution < 1.29 is 4.79 Å². The standard InChI is InChI=1S/C13H13N3O/c17-13(10-5-7-14-8-6-10)16-9-11-3-1-2-4-12(11)15-16/h5-9H,1-4H2. The SMILES string of the molecule is O=C(c1ccncc1)n1cc2c(n1)CCCC2. The van der Waals surface area contributed by atoms with E-state index < -0.39 is 0 Å². The fourth-order valence-corrected chi connectivity index (χ4v) is 2.20. The molecule has 0 aliphatic heterocycles. The molecule has 0 aromatic carbocycles. The van der Waals surface area contributed by atoms with Gasteiger partial charge < -0.3 is 0 Å². The molecule has 2 heterocycles. The molecule has 0 fully saturated rings. The summed E-state index contributed by atoms with van der Waals surface area (Å²) in [6.45, 7) is 0. The summed E-state index contributed by atoms with van der Waals surface area (Å²) in [5, 5.41) is 4.37. The molecule has 1 aliphatic rings. The molecule has 4 heteroatoms. The molecule has 0 saturated heterocycles. The molecule has 0 saturated carbocycles. The minimum Gasteiger partial charge on any atom is -0.267 e. The maximum absolute atomic E-state index is 12.1. The first-order chi connectivity index (χ1) is 8.34. The molecule has 0 N–H and O–H groups in total. The highest BCUT2D eigenvalue weighted by Gasteiger charge is 2.17. The van der Waals surface area contributed by atoms with E-state index in [1.165, 1.54) is 23.1 Å². The maximum atomic E-state index is 12.1. The van der Waals surface area contributed by atoms with Crippen LogP contribution in [0.2, 0.25) is 0 Å². The molecular weight excluding hydrogens is 214 g/mol. The Bertz CT molecular complexity index is 522. The summed E-state index contributed by atoms with van der Waals surface area (Å²) in [6.07, 6.45) is 9.52. The number of hydrogen-bond donors (Lipinski definition) is 0. The number of aryl methyl sites for hydroxylation is 2. The van der Waals surface area contributed by atoms with E-state index in [0.717, 1.165) is 18.5 Å². The van der Waals surface area contributed by atoms with Crippen LogP contribution >= 0.6 is 0 Å². The monoisotopic (exact) mass is 227 g/mol. The van der Waals surface area contributed by atoms with Crippen molar-refractivity contribution in [2.45, 2.75) is 25.7 Å². The van der Waals surface area contributed by atoms with Gasteiger partial charge >= 0.3 is 0 Å². The average Bonchev–Trinajstić information content (AvgIpc) is 2.82. The van der Waals surface area contributed by atoms with Gasteiger partial charge in [0.2, 0.25) is 0 Å². The first-order valence-corrected chi connectivity index (χ1v) is 5.87. The summed E-state index contributed by atoms with van der Waals surface area (Å²) in [5.74, 6) is -0.0817. The third kappa shape index (κ3) is 1.86. The lowest BCUT2D eigenvalue weighted by atomic mass is 9.99. The normalized spacial score (nSPS) is 14.4. The van der Waals surface area contributed by atoms with Crippen molar-refractivity contribution in [3.8, 4) is 0 Å². The van der Waals surface area contributed by atoms with Gasteiger partial charge in [-0.3, -0.25) is 9.78 Å². The predicted molar refractivity (Wildman–Crippen MR) is 62.8 cm³/mol. The van der Waals surface area contributed by atoms with E-state index in [2.05, 4.69) is 10.1 Å². The zero-order valence-corrected chi connectivity index (χ0v) is 9.47. The number of fused-ring (bicyclic) bond motifs is 1. The van der Waals surface area contributed by atoms with Crippen LogP contribution in [0.5, 0.6) is 0 Å². The number of carbonyl (C=O) groups excluding carboxylic acids is 1. The van der Waals surface area contributed by atoms with E-state index in [0.29, 0.717) is 5.56 Å². The Labute approximate surface area is 99.3 Å². The number of rotatable bonds is 1. The van der Waals surface area contributed by atoms with Crippen LogP contribution in [0.3, 0.4) is 0 Å². The molecule has 0 amide bonds. The number of hydrogen-bond acceptors (Lipinski definition) is 3. The summed E-state index contributed by atoms with van der Waals surface area (Å²) in [7, 11) is 0. The fourth-order valence-electron chi connectivity index (χ4n) is 2.20. The maximum Gasteiger partial charge on any atom is 0.278 e. The van der Waals surface area contributed by atoms with Crippen LogP contribution in [-0.2, 0) is 12.8 Å². The number of carbonyl (C=O) groups is 1. The van der Waals surface area contributed by atoms with Gasteiger partial charge in [0.1, 0.15) is 0 Å². The molecule has 0 bridgehead atoms. The zero-order valence-electron chi connectivity index (χ0n) is 9.47. The van der Waals surface area contributed by atoms with Crippen molar-refractivity contribution in [2.75, 3.05) is 0 Å². The van der Waals surface area contributed by atoms with E-state index in [4.69, 9.17) is 0 Å². The van der Waals surface area contributed by atoms with E-state index in [1.807, 2.05) is 6.20 Å². The van der Waals surface area contributed by atoms with Gasteiger partial charge in [-0.15, -0.1) is 0 Å². The van der Waals surface area contributed by atoms with Crippen molar-refractivity contribution in [2.24, 2.45) is 0 Å². The van der Waals surface area contributed by atoms with E-state index in [9.17, 15) is 4.79 Å². The quantitative estimate of drug-likeness (QED) is 0.747. The molecule has 0 spiro atoms. The van der Waals surface area contributed by atoms with Crippen LogP contribution in [0.25, 0.3) is 0 Å². The van der Waals surface area contributed by atoms with Crippen LogP contribution in [0.15, 0.2) is 30.7 Å². The summed E-state index contributed by atoms with van der Waals surface area (Å²) >= 11 is 0. The number of pyridine rings is 1. The molecule has 3 rings (SSSR count). The van der Waals surface area contributed by atoms with Crippen molar-refractivity contribution in [1.82, 2.24) is 14.8 Å². The lowest BCUT2D eigenvalue weighted by Crippen LogP contribution is -2.12. The molecular formula is C13H13N3O. The molecule has 2 aromatic rings. The highest BCUT2D eigenvalue weighted by atomic mass is 16.2. The van der Waals surface area contributed by atoms with Gasteiger partial charge in [-0.1, -0.05) is 0 Å². The van der Waals surface area contributed by atoms with Crippen LogP contribution in [-0.4, -0.2) is 20.7 Å². The topological polar surface area (TPSA) is 47.8 Å². The van der Waals surface area contributed by atoms with Gasteiger partial charge in [-0.05, 0) is 43.4 Å².